The van der Waals surface area contributed by atoms with Gasteiger partial charge in [0.25, 0.3) is 11.4 Å². The van der Waals surface area contributed by atoms with Gasteiger partial charge < -0.3 is 5.48 Å². The summed E-state index contributed by atoms with van der Waals surface area (Å²) in [7, 11) is 0. The summed E-state index contributed by atoms with van der Waals surface area (Å²) >= 11 is -2.61. The summed E-state index contributed by atoms with van der Waals surface area (Å²) in [6.45, 7) is 0. The van der Waals surface area contributed by atoms with Crippen molar-refractivity contribution in [2.75, 3.05) is 0 Å². The van der Waals surface area contributed by atoms with E-state index in [0.717, 1.165) is 0 Å². The average molecular weight is 124 g/mol. The van der Waals surface area contributed by atoms with Crippen LogP contribution in [-0.4, -0.2) is 48.3 Å². The number of rotatable bonds is 0. The first-order chi connectivity index (χ1) is 1.73. The zero-order chi connectivity index (χ0) is 3.58. The number of hydrogen-bond acceptors (Lipinski definition) is 1. The molecule has 0 aromatic heterocycles. The molecule has 0 heterocycles. The zero-order valence-electron chi connectivity index (χ0n) is 2.21. The van der Waals surface area contributed by atoms with Gasteiger partial charge >= 0.3 is 29.6 Å². The van der Waals surface area contributed by atoms with E-state index in [1.165, 1.54) is 0 Å². The van der Waals surface area contributed by atoms with Gasteiger partial charge in [0.2, 0.25) is 0 Å². The molecule has 0 spiro atoms. The molecule has 0 aliphatic heterocycles. The van der Waals surface area contributed by atoms with Crippen molar-refractivity contribution in [1.82, 2.24) is 0 Å². The predicted molar refractivity (Wildman–Crippen MR) is 24.2 cm³/mol. The van der Waals surface area contributed by atoms with Gasteiger partial charge in [-0.05, 0) is 0 Å². The van der Waals surface area contributed by atoms with Gasteiger partial charge in [-0.3, -0.25) is 9.11 Å². The average Bonchev–Trinajstić information content (AvgIpc) is 0.811. The fourth-order valence-electron chi connectivity index (χ4n) is 0. The van der Waals surface area contributed by atoms with Gasteiger partial charge in [-0.15, -0.1) is 0 Å². The summed E-state index contributed by atoms with van der Waals surface area (Å²) in [5.41, 5.74) is 0. The molecule has 0 unspecified atom stereocenters. The fourth-order valence-corrected chi connectivity index (χ4v) is 0. The first-order valence-corrected chi connectivity index (χ1v) is 1.60. The van der Waals surface area contributed by atoms with Crippen LogP contribution < -0.4 is 0 Å². The minimum absolute atomic E-state index is 0. The van der Waals surface area contributed by atoms with Gasteiger partial charge in [-0.25, -0.2) is 0 Å². The van der Waals surface area contributed by atoms with Crippen molar-refractivity contribution < 1.29 is 18.8 Å². The van der Waals surface area contributed by atoms with E-state index in [0.29, 0.717) is 0 Å². The van der Waals surface area contributed by atoms with E-state index >= 15 is 0 Å². The third kappa shape index (κ3) is 77.0. The SMILES string of the molecule is O.O=S(O)O.[NaH]. The Morgan fingerprint density at radius 1 is 1.33 bits per heavy atom. The van der Waals surface area contributed by atoms with Crippen molar-refractivity contribution in [3.8, 4) is 0 Å². The molecule has 0 bridgehead atoms. The van der Waals surface area contributed by atoms with E-state index in [-0.39, 0.29) is 35.0 Å². The van der Waals surface area contributed by atoms with Crippen molar-refractivity contribution in [3.63, 3.8) is 0 Å². The molecule has 0 saturated carbocycles. The van der Waals surface area contributed by atoms with E-state index in [9.17, 15) is 0 Å². The van der Waals surface area contributed by atoms with Crippen molar-refractivity contribution in [3.05, 3.63) is 0 Å². The molecule has 0 atom stereocenters. The molecular formula is H5NaO4S. The minimum atomic E-state index is -2.61. The Hall–Kier alpha value is 1.03. The normalized spacial score (nSPS) is 5.83. The van der Waals surface area contributed by atoms with Crippen LogP contribution in [0, 0.1) is 0 Å². The first kappa shape index (κ1) is 15.7. The van der Waals surface area contributed by atoms with E-state index in [1.54, 1.807) is 0 Å². The summed E-state index contributed by atoms with van der Waals surface area (Å²) in [6.07, 6.45) is 0. The van der Waals surface area contributed by atoms with Crippen LogP contribution in [0.1, 0.15) is 0 Å². The van der Waals surface area contributed by atoms with Gasteiger partial charge in [0.15, 0.2) is 0 Å². The van der Waals surface area contributed by atoms with E-state index in [4.69, 9.17) is 13.3 Å². The van der Waals surface area contributed by atoms with E-state index in [1.807, 2.05) is 0 Å². The second-order valence-corrected chi connectivity index (χ2v) is 0.692. The quantitative estimate of drug-likeness (QED) is 0.295. The van der Waals surface area contributed by atoms with E-state index in [2.05, 4.69) is 0 Å². The first-order valence-electron chi connectivity index (χ1n) is 0.532. The van der Waals surface area contributed by atoms with Crippen LogP contribution >= 0.6 is 0 Å². The zero-order valence-corrected chi connectivity index (χ0v) is 3.03. The van der Waals surface area contributed by atoms with Crippen molar-refractivity contribution in [1.29, 1.82) is 0 Å². The van der Waals surface area contributed by atoms with E-state index < -0.39 is 11.4 Å². The monoisotopic (exact) mass is 124 g/mol. The van der Waals surface area contributed by atoms with Crippen LogP contribution in [0.15, 0.2) is 0 Å². The van der Waals surface area contributed by atoms with Crippen LogP contribution in [0.5, 0.6) is 0 Å². The molecule has 0 aliphatic rings. The Morgan fingerprint density at radius 3 is 1.33 bits per heavy atom. The maximum absolute atomic E-state index is 8.67. The van der Waals surface area contributed by atoms with Gasteiger partial charge in [-0.1, -0.05) is 0 Å². The predicted octanol–water partition coefficient (Wildman–Crippen LogP) is -1.79. The molecule has 0 radical (unpaired) electrons. The van der Waals surface area contributed by atoms with Gasteiger partial charge in [0.05, 0.1) is 0 Å². The molecule has 0 aromatic carbocycles. The Bertz CT molecular complexity index is 30.5. The van der Waals surface area contributed by atoms with Crippen LogP contribution in [0.2, 0.25) is 0 Å². The summed E-state index contributed by atoms with van der Waals surface area (Å²) < 4.78 is 22.8. The maximum atomic E-state index is 8.67. The Kier molecular flexibility index (Phi) is 24.6. The van der Waals surface area contributed by atoms with Gasteiger partial charge in [0, 0.05) is 0 Å². The summed E-state index contributed by atoms with van der Waals surface area (Å²) in [6, 6.07) is 0. The van der Waals surface area contributed by atoms with Crippen LogP contribution in [0.4, 0.5) is 0 Å². The molecule has 0 aliphatic carbocycles. The molecule has 0 amide bonds. The number of hydrogen-bond donors (Lipinski definition) is 2. The fraction of sp³-hybridized carbons (Fsp3) is 0. The standard InChI is InChI=1S/Na.H2O3S.H2O.H/c;1-4(2)3;;/h;(H2,1,2,3);1H2;. The molecule has 0 fully saturated rings. The molecule has 0 rings (SSSR count). The topological polar surface area (TPSA) is 89.0 Å². The second kappa shape index (κ2) is 9.39. The van der Waals surface area contributed by atoms with Crippen molar-refractivity contribution in [2.24, 2.45) is 0 Å². The van der Waals surface area contributed by atoms with Gasteiger partial charge in [-0.2, -0.15) is 4.21 Å². The molecule has 6 heteroatoms. The molecule has 0 aromatic rings. The Balaban J connectivity index is -0.0000000450. The van der Waals surface area contributed by atoms with Gasteiger partial charge in [0.1, 0.15) is 0 Å². The summed E-state index contributed by atoms with van der Waals surface area (Å²) in [4.78, 5) is 0. The Morgan fingerprint density at radius 2 is 1.33 bits per heavy atom. The summed E-state index contributed by atoms with van der Waals surface area (Å²) in [5.74, 6) is 0. The summed E-state index contributed by atoms with van der Waals surface area (Å²) in [5, 5.41) is 0. The molecule has 36 valence electrons. The van der Waals surface area contributed by atoms with Crippen LogP contribution in [0.25, 0.3) is 0 Å². The molecule has 4 nitrogen and oxygen atoms in total. The second-order valence-electron chi connectivity index (χ2n) is 0.231. The van der Waals surface area contributed by atoms with Crippen LogP contribution in [0.3, 0.4) is 0 Å². The van der Waals surface area contributed by atoms with Crippen molar-refractivity contribution in [2.45, 2.75) is 0 Å². The molecule has 6 heavy (non-hydrogen) atoms. The Labute approximate surface area is 59.6 Å². The molecule has 0 saturated heterocycles. The molecular weight excluding hydrogens is 119 g/mol. The molecule has 4 N–H and O–H groups in total. The van der Waals surface area contributed by atoms with Crippen molar-refractivity contribution >= 4 is 40.9 Å². The third-order valence-electron chi connectivity index (χ3n) is 0. The van der Waals surface area contributed by atoms with Crippen LogP contribution in [-0.2, 0) is 11.4 Å². The third-order valence-corrected chi connectivity index (χ3v) is 0.